The van der Waals surface area contributed by atoms with E-state index in [4.69, 9.17) is 15.0 Å². The average Bonchev–Trinajstić information content (AvgIpc) is 2.83. The van der Waals surface area contributed by atoms with Gasteiger partial charge >= 0.3 is 0 Å². The molecule has 0 atom stereocenters. The van der Waals surface area contributed by atoms with Gasteiger partial charge in [-0.05, 0) is 52.7 Å². The summed E-state index contributed by atoms with van der Waals surface area (Å²) in [6.45, 7) is 15.2. The maximum atomic E-state index is 9.78. The van der Waals surface area contributed by atoms with Crippen molar-refractivity contribution in [2.75, 3.05) is 81.2 Å². The van der Waals surface area contributed by atoms with E-state index < -0.39 is 0 Å². The predicted octanol–water partition coefficient (Wildman–Crippen LogP) is 4.44. The molecule has 8 nitrogen and oxygen atoms in total. The van der Waals surface area contributed by atoms with Gasteiger partial charge in [0.1, 0.15) is 0 Å². The first-order valence-electron chi connectivity index (χ1n) is 13.8. The maximum Gasteiger partial charge on any atom is 0.232 e. The first-order valence-corrected chi connectivity index (χ1v) is 13.8. The molecule has 8 heteroatoms. The van der Waals surface area contributed by atoms with E-state index in [0.717, 1.165) is 109 Å². The van der Waals surface area contributed by atoms with Crippen LogP contribution in [0.5, 0.6) is 0 Å². The van der Waals surface area contributed by atoms with Gasteiger partial charge in [-0.3, -0.25) is 0 Å². The van der Waals surface area contributed by atoms with Crippen LogP contribution >= 0.6 is 0 Å². The molecule has 1 heterocycles. The summed E-state index contributed by atoms with van der Waals surface area (Å²) in [5.74, 6) is 2.27. The number of aliphatic hydroxyl groups is 1. The molecule has 34 heavy (non-hydrogen) atoms. The number of nitrogens with zero attached hydrogens (tertiary/aromatic N) is 7. The molecular formula is C26H53N7O. The topological polar surface area (TPSA) is 71.9 Å². The normalized spacial score (nSPS) is 11.3. The Kier molecular flexibility index (Phi) is 16.6. The minimum atomic E-state index is 0.0864. The van der Waals surface area contributed by atoms with Gasteiger partial charge < -0.3 is 24.7 Å². The number of aliphatic hydroxyl groups excluding tert-OH is 1. The fourth-order valence-electron chi connectivity index (χ4n) is 3.80. The Morgan fingerprint density at radius 3 is 1.12 bits per heavy atom. The highest BCUT2D eigenvalue weighted by Gasteiger charge is 2.20. The lowest BCUT2D eigenvalue weighted by molar-refractivity contribution is 0.299. The fourth-order valence-corrected chi connectivity index (χ4v) is 3.80. The highest BCUT2D eigenvalue weighted by Crippen LogP contribution is 2.21. The average molecular weight is 480 g/mol. The molecular weight excluding hydrogens is 426 g/mol. The van der Waals surface area contributed by atoms with E-state index in [1.807, 2.05) is 0 Å². The van der Waals surface area contributed by atoms with Gasteiger partial charge in [-0.2, -0.15) is 15.0 Å². The molecule has 0 saturated heterocycles. The molecule has 0 saturated carbocycles. The summed E-state index contributed by atoms with van der Waals surface area (Å²) in [4.78, 5) is 24.0. The van der Waals surface area contributed by atoms with Gasteiger partial charge in [-0.25, -0.2) is 0 Å². The molecule has 1 aromatic heterocycles. The van der Waals surface area contributed by atoms with Crippen molar-refractivity contribution in [1.82, 2.24) is 19.9 Å². The Balaban J connectivity index is 3.40. The Morgan fingerprint density at radius 1 is 0.500 bits per heavy atom. The summed E-state index contributed by atoms with van der Waals surface area (Å²) in [7, 11) is 4.18. The molecule has 0 aliphatic heterocycles. The predicted molar refractivity (Wildman–Crippen MR) is 146 cm³/mol. The Hall–Kier alpha value is -1.67. The van der Waals surface area contributed by atoms with Crippen LogP contribution in [0.25, 0.3) is 0 Å². The lowest BCUT2D eigenvalue weighted by atomic mass is 10.2. The van der Waals surface area contributed by atoms with Gasteiger partial charge in [0, 0.05) is 39.3 Å². The van der Waals surface area contributed by atoms with Crippen molar-refractivity contribution in [3.8, 4) is 0 Å². The smallest absolute Gasteiger partial charge is 0.232 e. The van der Waals surface area contributed by atoms with Gasteiger partial charge in [0.05, 0.1) is 6.61 Å². The number of rotatable bonds is 21. The third kappa shape index (κ3) is 11.6. The molecule has 1 aromatic rings. The van der Waals surface area contributed by atoms with Crippen molar-refractivity contribution in [2.24, 2.45) is 0 Å². The van der Waals surface area contributed by atoms with Gasteiger partial charge in [0.2, 0.25) is 17.8 Å². The van der Waals surface area contributed by atoms with Crippen molar-refractivity contribution in [3.63, 3.8) is 0 Å². The molecule has 0 aliphatic rings. The number of hydrogen-bond acceptors (Lipinski definition) is 8. The van der Waals surface area contributed by atoms with Gasteiger partial charge in [-0.1, -0.05) is 53.4 Å². The Morgan fingerprint density at radius 2 is 0.824 bits per heavy atom. The van der Waals surface area contributed by atoms with E-state index in [2.05, 4.69) is 61.4 Å². The lowest BCUT2D eigenvalue weighted by Crippen LogP contribution is -2.35. The molecule has 0 bridgehead atoms. The quantitative estimate of drug-likeness (QED) is 0.278. The number of anilines is 3. The van der Waals surface area contributed by atoms with Crippen LogP contribution in [0.4, 0.5) is 17.8 Å². The fraction of sp³-hybridized carbons (Fsp3) is 0.885. The van der Waals surface area contributed by atoms with Crippen LogP contribution in [0, 0.1) is 0 Å². The third-order valence-corrected chi connectivity index (χ3v) is 5.98. The molecule has 0 spiro atoms. The number of hydrogen-bond donors (Lipinski definition) is 1. The summed E-state index contributed by atoms with van der Waals surface area (Å²) < 4.78 is 0. The lowest BCUT2D eigenvalue weighted by Gasteiger charge is -2.29. The first-order chi connectivity index (χ1) is 16.5. The molecule has 1 rings (SSSR count). The SMILES string of the molecule is CCCCN(CCCC)c1nc(N(CCO)CCCN(C)C)nc(N(CCCC)CCCC)n1. The van der Waals surface area contributed by atoms with E-state index in [9.17, 15) is 5.11 Å². The monoisotopic (exact) mass is 479 g/mol. The zero-order valence-electron chi connectivity index (χ0n) is 23.1. The van der Waals surface area contributed by atoms with Crippen LogP contribution in [0.2, 0.25) is 0 Å². The van der Waals surface area contributed by atoms with Gasteiger partial charge in [-0.15, -0.1) is 0 Å². The third-order valence-electron chi connectivity index (χ3n) is 5.98. The largest absolute Gasteiger partial charge is 0.395 e. The standard InChI is InChI=1S/C26H53N7O/c1-7-11-17-31(18-12-8-2)24-27-25(32(19-13-9-3)20-14-10-4)29-26(28-24)33(22-23-34)21-15-16-30(5)6/h34H,7-23H2,1-6H3. The van der Waals surface area contributed by atoms with E-state index in [1.54, 1.807) is 0 Å². The number of aromatic nitrogens is 3. The van der Waals surface area contributed by atoms with E-state index >= 15 is 0 Å². The Labute approximate surface area is 209 Å². The second-order valence-electron chi connectivity index (χ2n) is 9.49. The molecule has 0 unspecified atom stereocenters. The zero-order valence-corrected chi connectivity index (χ0v) is 23.1. The molecule has 198 valence electrons. The molecule has 0 radical (unpaired) electrons. The van der Waals surface area contributed by atoms with Crippen molar-refractivity contribution in [1.29, 1.82) is 0 Å². The highest BCUT2D eigenvalue weighted by atomic mass is 16.3. The van der Waals surface area contributed by atoms with Crippen molar-refractivity contribution < 1.29 is 5.11 Å². The van der Waals surface area contributed by atoms with Gasteiger partial charge in [0.25, 0.3) is 0 Å². The van der Waals surface area contributed by atoms with Crippen LogP contribution in [-0.2, 0) is 0 Å². The van der Waals surface area contributed by atoms with Crippen LogP contribution < -0.4 is 14.7 Å². The van der Waals surface area contributed by atoms with E-state index in [1.165, 1.54) is 0 Å². The summed E-state index contributed by atoms with van der Waals surface area (Å²) in [5, 5.41) is 9.78. The Bertz CT molecular complexity index is 575. The summed E-state index contributed by atoms with van der Waals surface area (Å²) in [5.41, 5.74) is 0. The summed E-state index contributed by atoms with van der Waals surface area (Å²) in [6.07, 6.45) is 10.1. The minimum absolute atomic E-state index is 0.0864. The van der Waals surface area contributed by atoms with E-state index in [-0.39, 0.29) is 6.61 Å². The maximum absolute atomic E-state index is 9.78. The first kappa shape index (κ1) is 30.4. The van der Waals surface area contributed by atoms with Gasteiger partial charge in [0.15, 0.2) is 0 Å². The molecule has 0 amide bonds. The van der Waals surface area contributed by atoms with E-state index in [0.29, 0.717) is 12.5 Å². The van der Waals surface area contributed by atoms with Crippen molar-refractivity contribution in [3.05, 3.63) is 0 Å². The van der Waals surface area contributed by atoms with Crippen LogP contribution in [-0.4, -0.2) is 91.5 Å². The van der Waals surface area contributed by atoms with Crippen molar-refractivity contribution >= 4 is 17.8 Å². The highest BCUT2D eigenvalue weighted by molar-refractivity contribution is 5.46. The van der Waals surface area contributed by atoms with Crippen LogP contribution in [0.1, 0.15) is 85.5 Å². The zero-order chi connectivity index (χ0) is 25.2. The van der Waals surface area contributed by atoms with Crippen LogP contribution in [0.3, 0.4) is 0 Å². The van der Waals surface area contributed by atoms with Crippen molar-refractivity contribution in [2.45, 2.75) is 85.5 Å². The summed E-state index contributed by atoms with van der Waals surface area (Å²) >= 11 is 0. The minimum Gasteiger partial charge on any atom is -0.395 e. The second-order valence-corrected chi connectivity index (χ2v) is 9.49. The van der Waals surface area contributed by atoms with Crippen LogP contribution in [0.15, 0.2) is 0 Å². The molecule has 0 aromatic carbocycles. The molecule has 1 N–H and O–H groups in total. The molecule has 0 aliphatic carbocycles. The summed E-state index contributed by atoms with van der Waals surface area (Å²) in [6, 6.07) is 0. The number of unbranched alkanes of at least 4 members (excludes halogenated alkanes) is 4. The molecule has 0 fully saturated rings. The second kappa shape index (κ2) is 18.6.